The fourth-order valence-electron chi connectivity index (χ4n) is 4.05. The van der Waals surface area contributed by atoms with Gasteiger partial charge in [-0.15, -0.1) is 0 Å². The molecule has 1 aromatic carbocycles. The first kappa shape index (κ1) is 20.4. The maximum absolute atomic E-state index is 12.9. The number of carbonyl (C=O) groups is 2. The molecule has 1 saturated heterocycles. The van der Waals surface area contributed by atoms with Crippen LogP contribution < -0.4 is 5.32 Å². The summed E-state index contributed by atoms with van der Waals surface area (Å²) in [6, 6.07) is 13.0. The summed E-state index contributed by atoms with van der Waals surface area (Å²) in [6.07, 6.45) is 3.35. The number of piperidine rings is 1. The molecule has 2 amide bonds. The third-order valence-corrected chi connectivity index (χ3v) is 6.17. The van der Waals surface area contributed by atoms with Gasteiger partial charge in [0.2, 0.25) is 5.91 Å². The number of likely N-dealkylation sites (tertiary alicyclic amines) is 1. The summed E-state index contributed by atoms with van der Waals surface area (Å²) in [6.45, 7) is 3.71. The minimum atomic E-state index is -0.0961. The fourth-order valence-corrected chi connectivity index (χ4v) is 4.23. The number of nitrogens with one attached hydrogen (secondary N) is 2. The quantitative estimate of drug-likeness (QED) is 0.649. The topological polar surface area (TPSA) is 78.1 Å². The number of rotatable bonds is 5. The number of pyridine rings is 1. The van der Waals surface area contributed by atoms with E-state index in [4.69, 9.17) is 11.6 Å². The Morgan fingerprint density at radius 2 is 2.03 bits per heavy atom. The van der Waals surface area contributed by atoms with Crippen LogP contribution >= 0.6 is 11.6 Å². The van der Waals surface area contributed by atoms with Crippen molar-refractivity contribution in [3.05, 3.63) is 65.1 Å². The Morgan fingerprint density at radius 1 is 1.23 bits per heavy atom. The second-order valence-electron chi connectivity index (χ2n) is 7.87. The second-order valence-corrected chi connectivity index (χ2v) is 8.31. The number of amides is 2. The average molecular weight is 425 g/mol. The van der Waals surface area contributed by atoms with Crippen molar-refractivity contribution in [3.8, 4) is 0 Å². The smallest absolute Gasteiger partial charge is 0.270 e. The summed E-state index contributed by atoms with van der Waals surface area (Å²) in [5.74, 6) is 0.200. The zero-order valence-electron chi connectivity index (χ0n) is 16.9. The molecule has 4 rings (SSSR count). The Hall–Kier alpha value is -2.86. The van der Waals surface area contributed by atoms with Gasteiger partial charge in [0.05, 0.1) is 12.2 Å². The van der Waals surface area contributed by atoms with Crippen molar-refractivity contribution >= 4 is 34.3 Å². The minimum absolute atomic E-state index is 0.00645. The lowest BCUT2D eigenvalue weighted by Gasteiger charge is -2.34. The molecule has 156 valence electrons. The lowest BCUT2D eigenvalue weighted by molar-refractivity contribution is -0.126. The van der Waals surface area contributed by atoms with Gasteiger partial charge in [-0.25, -0.2) is 0 Å². The van der Waals surface area contributed by atoms with Gasteiger partial charge in [0.25, 0.3) is 5.91 Å². The highest BCUT2D eigenvalue weighted by molar-refractivity contribution is 6.31. The van der Waals surface area contributed by atoms with E-state index in [1.54, 1.807) is 12.3 Å². The molecule has 2 aromatic heterocycles. The van der Waals surface area contributed by atoms with Crippen LogP contribution in [0.2, 0.25) is 5.02 Å². The molecule has 30 heavy (non-hydrogen) atoms. The van der Waals surface area contributed by atoms with Crippen molar-refractivity contribution in [2.45, 2.75) is 26.3 Å². The molecule has 0 bridgehead atoms. The summed E-state index contributed by atoms with van der Waals surface area (Å²) in [5, 5.41) is 4.56. The van der Waals surface area contributed by atoms with Gasteiger partial charge in [-0.2, -0.15) is 0 Å². The van der Waals surface area contributed by atoms with Gasteiger partial charge in [0.1, 0.15) is 5.69 Å². The fraction of sp³-hybridized carbons (Fsp3) is 0.348. The van der Waals surface area contributed by atoms with E-state index in [0.717, 1.165) is 29.4 Å². The molecule has 2 N–H and O–H groups in total. The Kier molecular flexibility index (Phi) is 6.04. The summed E-state index contributed by atoms with van der Waals surface area (Å²) in [5.41, 5.74) is 2.32. The number of halogens is 1. The minimum Gasteiger partial charge on any atom is -0.351 e. The van der Waals surface area contributed by atoms with Gasteiger partial charge in [0.15, 0.2) is 0 Å². The number of H-pyrrole nitrogens is 1. The van der Waals surface area contributed by atoms with E-state index in [9.17, 15) is 9.59 Å². The van der Waals surface area contributed by atoms with Crippen molar-refractivity contribution < 1.29 is 9.59 Å². The van der Waals surface area contributed by atoms with Gasteiger partial charge in [0, 0.05) is 41.1 Å². The summed E-state index contributed by atoms with van der Waals surface area (Å²) >= 11 is 6.04. The average Bonchev–Trinajstić information content (AvgIpc) is 3.20. The molecule has 3 aromatic rings. The number of aromatic nitrogens is 2. The van der Waals surface area contributed by atoms with Crippen LogP contribution in [0.4, 0.5) is 0 Å². The lowest BCUT2D eigenvalue weighted by Crippen LogP contribution is -2.42. The molecule has 1 fully saturated rings. The van der Waals surface area contributed by atoms with E-state index in [0.29, 0.717) is 30.4 Å². The molecule has 0 radical (unpaired) electrons. The predicted molar refractivity (Wildman–Crippen MR) is 117 cm³/mol. The lowest BCUT2D eigenvalue weighted by atomic mass is 9.84. The van der Waals surface area contributed by atoms with Crippen LogP contribution in [-0.4, -0.2) is 39.8 Å². The number of nitrogens with zero attached hydrogens (tertiary/aromatic N) is 2. The zero-order valence-corrected chi connectivity index (χ0v) is 17.7. The van der Waals surface area contributed by atoms with Crippen LogP contribution in [0.3, 0.4) is 0 Å². The van der Waals surface area contributed by atoms with Crippen LogP contribution in [0.25, 0.3) is 10.9 Å². The van der Waals surface area contributed by atoms with Gasteiger partial charge >= 0.3 is 0 Å². The molecule has 1 aliphatic rings. The summed E-state index contributed by atoms with van der Waals surface area (Å²) < 4.78 is 0. The first-order chi connectivity index (χ1) is 14.5. The maximum Gasteiger partial charge on any atom is 0.270 e. The van der Waals surface area contributed by atoms with Crippen molar-refractivity contribution in [2.75, 3.05) is 13.1 Å². The number of benzene rings is 1. The Labute approximate surface area is 180 Å². The second kappa shape index (κ2) is 8.88. The molecule has 0 aliphatic carbocycles. The van der Waals surface area contributed by atoms with E-state index in [1.807, 2.05) is 48.2 Å². The number of fused-ring (bicyclic) bond motifs is 1. The molecule has 1 aliphatic heterocycles. The number of hydrogen-bond donors (Lipinski definition) is 2. The SMILES string of the molecule is CC(C(=O)NCc1ccccn1)C1CCN(C(=O)c2cc3cc(Cl)ccc3[nH]2)CC1. The number of aromatic amines is 1. The van der Waals surface area contributed by atoms with Gasteiger partial charge in [-0.1, -0.05) is 24.6 Å². The van der Waals surface area contributed by atoms with Gasteiger partial charge in [-0.05, 0) is 55.2 Å². The zero-order chi connectivity index (χ0) is 21.1. The van der Waals surface area contributed by atoms with Crippen LogP contribution in [0.5, 0.6) is 0 Å². The standard InChI is InChI=1S/C23H25ClN4O2/c1-15(22(29)26-14-19-4-2-3-9-25-19)16-7-10-28(11-8-16)23(30)21-13-17-12-18(24)5-6-20(17)27-21/h2-6,9,12-13,15-16,27H,7-8,10-11,14H2,1H3,(H,26,29). The van der Waals surface area contributed by atoms with E-state index in [1.165, 1.54) is 0 Å². The van der Waals surface area contributed by atoms with Crippen LogP contribution in [0, 0.1) is 11.8 Å². The number of hydrogen-bond acceptors (Lipinski definition) is 3. The molecule has 1 atom stereocenters. The molecular formula is C23H25ClN4O2. The Balaban J connectivity index is 1.31. The molecule has 7 heteroatoms. The molecule has 3 heterocycles. The van der Waals surface area contributed by atoms with E-state index >= 15 is 0 Å². The Morgan fingerprint density at radius 3 is 2.77 bits per heavy atom. The largest absolute Gasteiger partial charge is 0.351 e. The van der Waals surface area contributed by atoms with Crippen LogP contribution in [0.1, 0.15) is 35.9 Å². The summed E-state index contributed by atoms with van der Waals surface area (Å²) in [4.78, 5) is 34.7. The van der Waals surface area contributed by atoms with Crippen molar-refractivity contribution in [3.63, 3.8) is 0 Å². The molecule has 1 unspecified atom stereocenters. The van der Waals surface area contributed by atoms with E-state index < -0.39 is 0 Å². The van der Waals surface area contributed by atoms with Crippen LogP contribution in [0.15, 0.2) is 48.7 Å². The molecular weight excluding hydrogens is 400 g/mol. The first-order valence-electron chi connectivity index (χ1n) is 10.3. The van der Waals surface area contributed by atoms with Gasteiger partial charge < -0.3 is 15.2 Å². The van der Waals surface area contributed by atoms with Crippen molar-refractivity contribution in [1.29, 1.82) is 0 Å². The summed E-state index contributed by atoms with van der Waals surface area (Å²) in [7, 11) is 0. The molecule has 0 spiro atoms. The van der Waals surface area contributed by atoms with Crippen molar-refractivity contribution in [1.82, 2.24) is 20.2 Å². The van der Waals surface area contributed by atoms with Crippen LogP contribution in [-0.2, 0) is 11.3 Å². The number of carbonyl (C=O) groups excluding carboxylic acids is 2. The maximum atomic E-state index is 12.9. The molecule has 0 saturated carbocycles. The first-order valence-corrected chi connectivity index (χ1v) is 10.6. The predicted octanol–water partition coefficient (Wildman–Crippen LogP) is 4.02. The third kappa shape index (κ3) is 4.49. The monoisotopic (exact) mass is 424 g/mol. The third-order valence-electron chi connectivity index (χ3n) is 5.93. The Bertz CT molecular complexity index is 1040. The molecule has 6 nitrogen and oxygen atoms in total. The van der Waals surface area contributed by atoms with Crippen molar-refractivity contribution in [2.24, 2.45) is 11.8 Å². The highest BCUT2D eigenvalue weighted by Crippen LogP contribution is 2.27. The highest BCUT2D eigenvalue weighted by Gasteiger charge is 2.30. The highest BCUT2D eigenvalue weighted by atomic mass is 35.5. The van der Waals surface area contributed by atoms with E-state index in [2.05, 4.69) is 15.3 Å². The van der Waals surface area contributed by atoms with E-state index in [-0.39, 0.29) is 23.7 Å². The van der Waals surface area contributed by atoms with Gasteiger partial charge in [-0.3, -0.25) is 14.6 Å². The normalized spacial score (nSPS) is 15.9.